The lowest BCUT2D eigenvalue weighted by Gasteiger charge is -2.34. The molecule has 0 radical (unpaired) electrons. The van der Waals surface area contributed by atoms with Crippen LogP contribution in [-0.4, -0.2) is 23.4 Å². The van der Waals surface area contributed by atoms with Gasteiger partial charge in [-0.05, 0) is 59.7 Å². The van der Waals surface area contributed by atoms with E-state index in [4.69, 9.17) is 0 Å². The Bertz CT molecular complexity index is 380. The second kappa shape index (κ2) is 6.19. The third-order valence-electron chi connectivity index (χ3n) is 3.29. The Morgan fingerprint density at radius 2 is 2.35 bits per heavy atom. The molecule has 2 nitrogen and oxygen atoms in total. The zero-order valence-corrected chi connectivity index (χ0v) is 13.3. The number of anilines is 1. The van der Waals surface area contributed by atoms with Gasteiger partial charge in [0.25, 0.3) is 0 Å². The Kier molecular flexibility index (Phi) is 4.86. The summed E-state index contributed by atoms with van der Waals surface area (Å²) in [6, 6.07) is 2.15. The van der Waals surface area contributed by atoms with Gasteiger partial charge in [0, 0.05) is 24.6 Å². The summed E-state index contributed by atoms with van der Waals surface area (Å²) in [5, 5.41) is 1.11. The van der Waals surface area contributed by atoms with Crippen LogP contribution in [0.15, 0.2) is 16.7 Å². The van der Waals surface area contributed by atoms with Crippen LogP contribution in [0.25, 0.3) is 0 Å². The number of piperidine rings is 1. The quantitative estimate of drug-likeness (QED) is 0.751. The Balaban J connectivity index is 2.10. The van der Waals surface area contributed by atoms with Gasteiger partial charge in [-0.1, -0.05) is 15.9 Å². The van der Waals surface area contributed by atoms with E-state index in [1.807, 2.05) is 6.20 Å². The number of hydrogen-bond acceptors (Lipinski definition) is 2. The molecule has 1 aliphatic heterocycles. The summed E-state index contributed by atoms with van der Waals surface area (Å²) >= 11 is 7.17. The molecular weight excluding hydrogens is 344 g/mol. The monoisotopic (exact) mass is 360 g/mol. The van der Waals surface area contributed by atoms with E-state index in [2.05, 4.69) is 54.7 Å². The second-order valence-electron chi connectivity index (χ2n) is 4.75. The third-order valence-corrected chi connectivity index (χ3v) is 4.34. The van der Waals surface area contributed by atoms with Crippen molar-refractivity contribution in [1.29, 1.82) is 0 Å². The van der Waals surface area contributed by atoms with Crippen LogP contribution in [0.2, 0.25) is 0 Å². The van der Waals surface area contributed by atoms with Crippen LogP contribution in [0.5, 0.6) is 0 Å². The van der Waals surface area contributed by atoms with Gasteiger partial charge in [-0.25, -0.2) is 4.98 Å². The smallest absolute Gasteiger partial charge is 0.142 e. The molecule has 0 aliphatic carbocycles. The highest BCUT2D eigenvalue weighted by Gasteiger charge is 2.21. The zero-order valence-electron chi connectivity index (χ0n) is 10.1. The number of aromatic nitrogens is 1. The fraction of sp³-hybridized carbons (Fsp3) is 0.615. The molecule has 0 aromatic carbocycles. The summed E-state index contributed by atoms with van der Waals surface area (Å²) in [5.74, 6) is 1.91. The molecule has 0 spiro atoms. The average molecular weight is 362 g/mol. The number of aryl methyl sites for hydroxylation is 1. The summed E-state index contributed by atoms with van der Waals surface area (Å²) in [6.45, 7) is 4.35. The lowest BCUT2D eigenvalue weighted by atomic mass is 9.96. The Labute approximate surface area is 120 Å². The summed E-state index contributed by atoms with van der Waals surface area (Å²) in [4.78, 5) is 6.98. The predicted octanol–water partition coefficient (Wildman–Crippen LogP) is 4.15. The molecule has 2 heterocycles. The van der Waals surface area contributed by atoms with Gasteiger partial charge in [-0.15, -0.1) is 0 Å². The van der Waals surface area contributed by atoms with Crippen LogP contribution in [0.1, 0.15) is 24.8 Å². The molecule has 4 heteroatoms. The zero-order chi connectivity index (χ0) is 12.3. The van der Waals surface area contributed by atoms with Crippen LogP contribution in [0, 0.1) is 12.8 Å². The molecule has 0 amide bonds. The SMILES string of the molecule is Cc1cnc(N2CCCC(CCBr)C2)c(Br)c1. The van der Waals surface area contributed by atoms with E-state index < -0.39 is 0 Å². The molecule has 94 valence electrons. The minimum atomic E-state index is 0.804. The highest BCUT2D eigenvalue weighted by Crippen LogP contribution is 2.29. The van der Waals surface area contributed by atoms with Crippen molar-refractivity contribution in [2.45, 2.75) is 26.2 Å². The molecule has 1 saturated heterocycles. The lowest BCUT2D eigenvalue weighted by Crippen LogP contribution is -2.36. The van der Waals surface area contributed by atoms with Crippen molar-refractivity contribution in [3.05, 3.63) is 22.3 Å². The molecule has 1 aromatic heterocycles. The largest absolute Gasteiger partial charge is 0.355 e. The Morgan fingerprint density at radius 3 is 3.06 bits per heavy atom. The topological polar surface area (TPSA) is 16.1 Å². The Morgan fingerprint density at radius 1 is 1.53 bits per heavy atom. The van der Waals surface area contributed by atoms with Gasteiger partial charge in [0.05, 0.1) is 4.47 Å². The number of halogens is 2. The van der Waals surface area contributed by atoms with Gasteiger partial charge in [-0.3, -0.25) is 0 Å². The van der Waals surface area contributed by atoms with Gasteiger partial charge in [0.2, 0.25) is 0 Å². The van der Waals surface area contributed by atoms with Crippen LogP contribution < -0.4 is 4.90 Å². The van der Waals surface area contributed by atoms with Crippen LogP contribution in [-0.2, 0) is 0 Å². The molecule has 17 heavy (non-hydrogen) atoms. The third kappa shape index (κ3) is 3.44. The van der Waals surface area contributed by atoms with Gasteiger partial charge in [0.1, 0.15) is 5.82 Å². The summed E-state index contributed by atoms with van der Waals surface area (Å²) in [7, 11) is 0. The maximum atomic E-state index is 4.56. The molecule has 1 fully saturated rings. The molecule has 2 rings (SSSR count). The summed E-state index contributed by atoms with van der Waals surface area (Å²) in [6.07, 6.45) is 5.85. The van der Waals surface area contributed by atoms with E-state index in [9.17, 15) is 0 Å². The minimum Gasteiger partial charge on any atom is -0.355 e. The van der Waals surface area contributed by atoms with E-state index in [1.165, 1.54) is 24.8 Å². The van der Waals surface area contributed by atoms with Gasteiger partial charge in [-0.2, -0.15) is 0 Å². The first-order valence-corrected chi connectivity index (χ1v) is 8.05. The van der Waals surface area contributed by atoms with Crippen molar-refractivity contribution in [3.63, 3.8) is 0 Å². The number of rotatable bonds is 3. The first kappa shape index (κ1) is 13.3. The summed E-state index contributed by atoms with van der Waals surface area (Å²) in [5.41, 5.74) is 1.20. The van der Waals surface area contributed by atoms with Gasteiger partial charge in [0.15, 0.2) is 0 Å². The highest BCUT2D eigenvalue weighted by atomic mass is 79.9. The first-order chi connectivity index (χ1) is 8.20. The van der Waals surface area contributed by atoms with Crippen LogP contribution >= 0.6 is 31.9 Å². The minimum absolute atomic E-state index is 0.804. The molecule has 1 aromatic rings. The molecular formula is C13H18Br2N2. The van der Waals surface area contributed by atoms with Gasteiger partial charge >= 0.3 is 0 Å². The highest BCUT2D eigenvalue weighted by molar-refractivity contribution is 9.10. The van der Waals surface area contributed by atoms with E-state index in [-0.39, 0.29) is 0 Å². The standard InChI is InChI=1S/C13H18Br2N2/c1-10-7-12(15)13(16-8-10)17-6-2-3-11(9-17)4-5-14/h7-8,11H,2-6,9H2,1H3. The number of alkyl halides is 1. The fourth-order valence-electron chi connectivity index (χ4n) is 2.41. The first-order valence-electron chi connectivity index (χ1n) is 6.13. The van der Waals surface area contributed by atoms with E-state index in [0.29, 0.717) is 0 Å². The van der Waals surface area contributed by atoms with Crippen molar-refractivity contribution < 1.29 is 0 Å². The second-order valence-corrected chi connectivity index (χ2v) is 6.40. The predicted molar refractivity (Wildman–Crippen MR) is 80.0 cm³/mol. The molecule has 0 bridgehead atoms. The molecule has 1 aliphatic rings. The lowest BCUT2D eigenvalue weighted by molar-refractivity contribution is 0.406. The normalized spacial score (nSPS) is 20.6. The number of hydrogen-bond donors (Lipinski definition) is 0. The van der Waals surface area contributed by atoms with Crippen molar-refractivity contribution in [2.24, 2.45) is 5.92 Å². The van der Waals surface area contributed by atoms with Crippen molar-refractivity contribution in [2.75, 3.05) is 23.3 Å². The van der Waals surface area contributed by atoms with Crippen LogP contribution in [0.4, 0.5) is 5.82 Å². The van der Waals surface area contributed by atoms with Crippen molar-refractivity contribution >= 4 is 37.7 Å². The summed E-state index contributed by atoms with van der Waals surface area (Å²) < 4.78 is 1.12. The maximum Gasteiger partial charge on any atom is 0.142 e. The molecule has 0 saturated carbocycles. The number of pyridine rings is 1. The molecule has 1 unspecified atom stereocenters. The van der Waals surface area contributed by atoms with Crippen molar-refractivity contribution in [1.82, 2.24) is 4.98 Å². The van der Waals surface area contributed by atoms with Gasteiger partial charge < -0.3 is 4.90 Å². The number of nitrogens with zero attached hydrogens (tertiary/aromatic N) is 2. The molecule has 1 atom stereocenters. The molecule has 0 N–H and O–H groups in total. The van der Waals surface area contributed by atoms with E-state index in [1.54, 1.807) is 0 Å². The van der Waals surface area contributed by atoms with E-state index in [0.717, 1.165) is 34.6 Å². The fourth-order valence-corrected chi connectivity index (χ4v) is 3.77. The maximum absolute atomic E-state index is 4.56. The average Bonchev–Trinajstić information content (AvgIpc) is 2.29. The van der Waals surface area contributed by atoms with Crippen LogP contribution in [0.3, 0.4) is 0 Å². The Hall–Kier alpha value is -0.0900. The van der Waals surface area contributed by atoms with Crippen molar-refractivity contribution in [3.8, 4) is 0 Å². The van der Waals surface area contributed by atoms with E-state index >= 15 is 0 Å².